The van der Waals surface area contributed by atoms with Gasteiger partial charge in [-0.2, -0.15) is 0 Å². The zero-order valence-corrected chi connectivity index (χ0v) is 11.9. The summed E-state index contributed by atoms with van der Waals surface area (Å²) < 4.78 is 0. The SMILES string of the molecule is CCCC1CCN(c2nc3c(s2)C(O)CCC3)C1. The summed E-state index contributed by atoms with van der Waals surface area (Å²) in [5, 5.41) is 11.2. The van der Waals surface area contributed by atoms with Crippen LogP contribution in [0.3, 0.4) is 0 Å². The fraction of sp³-hybridized carbons (Fsp3) is 0.786. The first-order chi connectivity index (χ1) is 8.78. The summed E-state index contributed by atoms with van der Waals surface area (Å²) in [5.41, 5.74) is 1.16. The first kappa shape index (κ1) is 12.4. The van der Waals surface area contributed by atoms with Gasteiger partial charge in [-0.3, -0.25) is 0 Å². The molecule has 0 amide bonds. The van der Waals surface area contributed by atoms with Crippen LogP contribution in [0.4, 0.5) is 5.13 Å². The van der Waals surface area contributed by atoms with Crippen molar-refractivity contribution < 1.29 is 5.11 Å². The normalized spacial score (nSPS) is 27.6. The van der Waals surface area contributed by atoms with Crippen LogP contribution < -0.4 is 4.90 Å². The van der Waals surface area contributed by atoms with E-state index in [1.165, 1.54) is 19.3 Å². The zero-order chi connectivity index (χ0) is 12.5. The molecule has 1 aromatic heterocycles. The van der Waals surface area contributed by atoms with Crippen LogP contribution in [-0.2, 0) is 6.42 Å². The number of aromatic nitrogens is 1. The van der Waals surface area contributed by atoms with E-state index in [1.54, 1.807) is 11.3 Å². The van der Waals surface area contributed by atoms with Gasteiger partial charge < -0.3 is 10.0 Å². The molecule has 2 atom stereocenters. The van der Waals surface area contributed by atoms with Crippen molar-refractivity contribution in [3.63, 3.8) is 0 Å². The first-order valence-corrected chi connectivity index (χ1v) is 8.02. The Morgan fingerprint density at radius 1 is 1.44 bits per heavy atom. The molecule has 1 saturated heterocycles. The van der Waals surface area contributed by atoms with Gasteiger partial charge in [-0.15, -0.1) is 0 Å². The second-order valence-electron chi connectivity index (χ2n) is 5.60. The van der Waals surface area contributed by atoms with Crippen molar-refractivity contribution >= 4 is 16.5 Å². The van der Waals surface area contributed by atoms with E-state index < -0.39 is 0 Å². The van der Waals surface area contributed by atoms with Gasteiger partial charge in [0.1, 0.15) is 0 Å². The van der Waals surface area contributed by atoms with E-state index >= 15 is 0 Å². The van der Waals surface area contributed by atoms with E-state index in [9.17, 15) is 5.11 Å². The Bertz CT molecular complexity index is 418. The molecule has 1 aliphatic carbocycles. The Morgan fingerprint density at radius 3 is 3.11 bits per heavy atom. The van der Waals surface area contributed by atoms with E-state index in [0.29, 0.717) is 0 Å². The minimum Gasteiger partial charge on any atom is -0.388 e. The molecule has 0 radical (unpaired) electrons. The molecule has 18 heavy (non-hydrogen) atoms. The number of rotatable bonds is 3. The third kappa shape index (κ3) is 2.28. The van der Waals surface area contributed by atoms with Gasteiger partial charge in [0.25, 0.3) is 0 Å². The minimum absolute atomic E-state index is 0.256. The van der Waals surface area contributed by atoms with Crippen molar-refractivity contribution in [3.8, 4) is 0 Å². The number of thiazole rings is 1. The van der Waals surface area contributed by atoms with Crippen LogP contribution in [0.2, 0.25) is 0 Å². The largest absolute Gasteiger partial charge is 0.388 e. The molecule has 1 N–H and O–H groups in total. The van der Waals surface area contributed by atoms with Crippen LogP contribution in [0.1, 0.15) is 55.7 Å². The number of aliphatic hydroxyl groups is 1. The predicted molar refractivity (Wildman–Crippen MR) is 75.2 cm³/mol. The van der Waals surface area contributed by atoms with Crippen LogP contribution in [0.25, 0.3) is 0 Å². The predicted octanol–water partition coefficient (Wildman–Crippen LogP) is 3.14. The summed E-state index contributed by atoms with van der Waals surface area (Å²) in [6.45, 7) is 4.57. The number of aryl methyl sites for hydroxylation is 1. The van der Waals surface area contributed by atoms with Crippen molar-refractivity contribution in [2.75, 3.05) is 18.0 Å². The molecule has 1 aliphatic heterocycles. The number of fused-ring (bicyclic) bond motifs is 1. The smallest absolute Gasteiger partial charge is 0.185 e. The Labute approximate surface area is 113 Å². The molecular weight excluding hydrogens is 244 g/mol. The highest BCUT2D eigenvalue weighted by Crippen LogP contribution is 2.39. The van der Waals surface area contributed by atoms with Crippen molar-refractivity contribution in [2.24, 2.45) is 5.92 Å². The molecular formula is C14H22N2OS. The highest BCUT2D eigenvalue weighted by atomic mass is 32.1. The van der Waals surface area contributed by atoms with Crippen LogP contribution >= 0.6 is 11.3 Å². The monoisotopic (exact) mass is 266 g/mol. The molecule has 3 rings (SSSR count). The number of nitrogens with zero attached hydrogens (tertiary/aromatic N) is 2. The van der Waals surface area contributed by atoms with Gasteiger partial charge in [0, 0.05) is 13.1 Å². The Kier molecular flexibility index (Phi) is 3.57. The quantitative estimate of drug-likeness (QED) is 0.913. The van der Waals surface area contributed by atoms with Crippen LogP contribution in [-0.4, -0.2) is 23.2 Å². The summed E-state index contributed by atoms with van der Waals surface area (Å²) in [7, 11) is 0. The lowest BCUT2D eigenvalue weighted by molar-refractivity contribution is 0.160. The van der Waals surface area contributed by atoms with Crippen molar-refractivity contribution in [1.29, 1.82) is 0 Å². The summed E-state index contributed by atoms with van der Waals surface area (Å²) in [6.07, 6.45) is 6.71. The maximum atomic E-state index is 10.0. The molecule has 2 aliphatic rings. The lowest BCUT2D eigenvalue weighted by atomic mass is 10.0. The van der Waals surface area contributed by atoms with E-state index in [4.69, 9.17) is 4.98 Å². The highest BCUT2D eigenvalue weighted by molar-refractivity contribution is 7.15. The topological polar surface area (TPSA) is 36.4 Å². The van der Waals surface area contributed by atoms with E-state index in [2.05, 4.69) is 11.8 Å². The number of aliphatic hydroxyl groups excluding tert-OH is 1. The fourth-order valence-corrected chi connectivity index (χ4v) is 4.34. The second kappa shape index (κ2) is 5.17. The Balaban J connectivity index is 1.74. The van der Waals surface area contributed by atoms with E-state index in [-0.39, 0.29) is 6.10 Å². The fourth-order valence-electron chi connectivity index (χ4n) is 3.17. The van der Waals surface area contributed by atoms with Crippen molar-refractivity contribution in [1.82, 2.24) is 4.98 Å². The number of hydrogen-bond donors (Lipinski definition) is 1. The molecule has 2 unspecified atom stereocenters. The minimum atomic E-state index is -0.256. The zero-order valence-electron chi connectivity index (χ0n) is 11.1. The molecule has 1 aromatic rings. The number of anilines is 1. The second-order valence-corrected chi connectivity index (χ2v) is 6.61. The first-order valence-electron chi connectivity index (χ1n) is 7.20. The molecule has 0 spiro atoms. The Morgan fingerprint density at radius 2 is 2.33 bits per heavy atom. The lowest BCUT2D eigenvalue weighted by Crippen LogP contribution is -2.19. The summed E-state index contributed by atoms with van der Waals surface area (Å²) >= 11 is 1.73. The summed E-state index contributed by atoms with van der Waals surface area (Å²) in [5.74, 6) is 0.848. The van der Waals surface area contributed by atoms with Gasteiger partial charge in [-0.1, -0.05) is 24.7 Å². The molecule has 100 valence electrons. The summed E-state index contributed by atoms with van der Waals surface area (Å²) in [4.78, 5) is 8.32. The average molecular weight is 266 g/mol. The van der Waals surface area contributed by atoms with Gasteiger partial charge in [0.05, 0.1) is 16.7 Å². The third-order valence-corrected chi connectivity index (χ3v) is 5.42. The van der Waals surface area contributed by atoms with E-state index in [0.717, 1.165) is 54.0 Å². The van der Waals surface area contributed by atoms with Crippen LogP contribution in [0.5, 0.6) is 0 Å². The highest BCUT2D eigenvalue weighted by Gasteiger charge is 2.28. The van der Waals surface area contributed by atoms with Gasteiger partial charge in [-0.25, -0.2) is 4.98 Å². The van der Waals surface area contributed by atoms with Gasteiger partial charge >= 0.3 is 0 Å². The van der Waals surface area contributed by atoms with Crippen molar-refractivity contribution in [3.05, 3.63) is 10.6 Å². The molecule has 2 heterocycles. The maximum absolute atomic E-state index is 10.0. The molecule has 3 nitrogen and oxygen atoms in total. The maximum Gasteiger partial charge on any atom is 0.185 e. The molecule has 1 fully saturated rings. The lowest BCUT2D eigenvalue weighted by Gasteiger charge is -2.14. The van der Waals surface area contributed by atoms with Gasteiger partial charge in [0.15, 0.2) is 5.13 Å². The standard InChI is InChI=1S/C14H22N2OS/c1-2-4-10-7-8-16(9-10)14-15-11-5-3-6-12(17)13(11)18-14/h10,12,17H,2-9H2,1H3. The van der Waals surface area contributed by atoms with Gasteiger partial charge in [0.2, 0.25) is 0 Å². The molecule has 0 saturated carbocycles. The Hall–Kier alpha value is -0.610. The van der Waals surface area contributed by atoms with E-state index in [1.807, 2.05) is 0 Å². The molecule has 0 aromatic carbocycles. The third-order valence-electron chi connectivity index (χ3n) is 4.16. The van der Waals surface area contributed by atoms with Gasteiger partial charge in [-0.05, 0) is 38.0 Å². The van der Waals surface area contributed by atoms with Crippen LogP contribution in [0.15, 0.2) is 0 Å². The molecule has 0 bridgehead atoms. The number of hydrogen-bond acceptors (Lipinski definition) is 4. The van der Waals surface area contributed by atoms with Crippen LogP contribution in [0, 0.1) is 5.92 Å². The summed E-state index contributed by atoms with van der Waals surface area (Å²) in [6, 6.07) is 0. The average Bonchev–Trinajstić information content (AvgIpc) is 2.96. The molecule has 4 heteroatoms. The van der Waals surface area contributed by atoms with Crippen molar-refractivity contribution in [2.45, 2.75) is 51.6 Å².